The Kier molecular flexibility index (Phi) is 6.50. The van der Waals surface area contributed by atoms with Crippen LogP contribution in [0.4, 0.5) is 13.2 Å². The third kappa shape index (κ3) is 8.00. The fourth-order valence-corrected chi connectivity index (χ4v) is 1.41. The highest BCUT2D eigenvalue weighted by atomic mass is 19.4. The van der Waals surface area contributed by atoms with E-state index in [4.69, 9.17) is 11.0 Å². The Morgan fingerprint density at radius 1 is 1.24 bits per heavy atom. The molecule has 0 amide bonds. The zero-order chi connectivity index (χ0) is 13.5. The number of rotatable bonds is 7. The van der Waals surface area contributed by atoms with Gasteiger partial charge in [0.05, 0.1) is 12.5 Å². The molecule has 0 rings (SSSR count). The van der Waals surface area contributed by atoms with Crippen molar-refractivity contribution in [1.29, 1.82) is 5.26 Å². The molecule has 0 aromatic heterocycles. The van der Waals surface area contributed by atoms with E-state index in [2.05, 4.69) is 0 Å². The van der Waals surface area contributed by atoms with Gasteiger partial charge in [-0.1, -0.05) is 6.92 Å². The molecule has 0 aromatic carbocycles. The average molecular weight is 251 g/mol. The Morgan fingerprint density at radius 2 is 1.82 bits per heavy atom. The van der Waals surface area contributed by atoms with Gasteiger partial charge in [0.2, 0.25) is 0 Å². The van der Waals surface area contributed by atoms with Crippen molar-refractivity contribution in [1.82, 2.24) is 4.90 Å². The van der Waals surface area contributed by atoms with Crippen molar-refractivity contribution in [3.63, 3.8) is 0 Å². The fraction of sp³-hybridized carbons (Fsp3) is 0.909. The first-order valence-electron chi connectivity index (χ1n) is 5.68. The third-order valence-electron chi connectivity index (χ3n) is 2.79. The SMILES string of the molecule is CCC(N)(C#N)CCCN(C)CCC(F)(F)F. The van der Waals surface area contributed by atoms with Crippen LogP contribution in [0.5, 0.6) is 0 Å². The van der Waals surface area contributed by atoms with Gasteiger partial charge >= 0.3 is 6.18 Å². The molecule has 0 bridgehead atoms. The quantitative estimate of drug-likeness (QED) is 0.755. The fourth-order valence-electron chi connectivity index (χ4n) is 1.41. The van der Waals surface area contributed by atoms with Gasteiger partial charge < -0.3 is 10.6 Å². The molecule has 0 saturated heterocycles. The maximum Gasteiger partial charge on any atom is 0.390 e. The van der Waals surface area contributed by atoms with Crippen LogP contribution in [0.3, 0.4) is 0 Å². The minimum Gasteiger partial charge on any atom is -0.313 e. The van der Waals surface area contributed by atoms with Crippen LogP contribution in [-0.4, -0.2) is 36.8 Å². The molecule has 0 aliphatic heterocycles. The van der Waals surface area contributed by atoms with Crippen molar-refractivity contribution >= 4 is 0 Å². The van der Waals surface area contributed by atoms with Gasteiger partial charge in [-0.05, 0) is 32.9 Å². The summed E-state index contributed by atoms with van der Waals surface area (Å²) in [5, 5.41) is 8.82. The summed E-state index contributed by atoms with van der Waals surface area (Å²) >= 11 is 0. The van der Waals surface area contributed by atoms with Gasteiger partial charge in [0, 0.05) is 6.54 Å². The predicted molar refractivity (Wildman–Crippen MR) is 60.2 cm³/mol. The van der Waals surface area contributed by atoms with Gasteiger partial charge in [0.15, 0.2) is 0 Å². The molecule has 0 saturated carbocycles. The lowest BCUT2D eigenvalue weighted by Crippen LogP contribution is -2.38. The molecule has 0 aliphatic rings. The molecule has 6 heteroatoms. The van der Waals surface area contributed by atoms with E-state index in [1.165, 1.54) is 0 Å². The number of nitrogens with zero attached hydrogens (tertiary/aromatic N) is 2. The maximum absolute atomic E-state index is 11.9. The molecule has 1 unspecified atom stereocenters. The molecular weight excluding hydrogens is 231 g/mol. The van der Waals surface area contributed by atoms with Gasteiger partial charge in [-0.15, -0.1) is 0 Å². The van der Waals surface area contributed by atoms with Crippen molar-refractivity contribution < 1.29 is 13.2 Å². The maximum atomic E-state index is 11.9. The smallest absolute Gasteiger partial charge is 0.313 e. The highest BCUT2D eigenvalue weighted by Gasteiger charge is 2.27. The van der Waals surface area contributed by atoms with Crippen molar-refractivity contribution in [2.45, 2.75) is 44.3 Å². The molecule has 17 heavy (non-hydrogen) atoms. The van der Waals surface area contributed by atoms with Crippen LogP contribution in [0, 0.1) is 11.3 Å². The molecule has 0 aliphatic carbocycles. The molecule has 0 radical (unpaired) electrons. The normalized spacial score (nSPS) is 15.6. The van der Waals surface area contributed by atoms with Gasteiger partial charge in [0.1, 0.15) is 5.54 Å². The first kappa shape index (κ1) is 16.2. The average Bonchev–Trinajstić information content (AvgIpc) is 2.25. The van der Waals surface area contributed by atoms with Crippen LogP contribution in [0.2, 0.25) is 0 Å². The lowest BCUT2D eigenvalue weighted by atomic mass is 9.93. The summed E-state index contributed by atoms with van der Waals surface area (Å²) in [6, 6.07) is 2.04. The van der Waals surface area contributed by atoms with E-state index in [0.717, 1.165) is 0 Å². The first-order valence-corrected chi connectivity index (χ1v) is 5.68. The summed E-state index contributed by atoms with van der Waals surface area (Å²) in [7, 11) is 1.64. The highest BCUT2D eigenvalue weighted by Crippen LogP contribution is 2.19. The number of hydrogen-bond acceptors (Lipinski definition) is 3. The lowest BCUT2D eigenvalue weighted by Gasteiger charge is -2.22. The van der Waals surface area contributed by atoms with Gasteiger partial charge in [-0.25, -0.2) is 0 Å². The van der Waals surface area contributed by atoms with Crippen LogP contribution in [-0.2, 0) is 0 Å². The van der Waals surface area contributed by atoms with Crippen molar-refractivity contribution in [2.24, 2.45) is 5.73 Å². The Morgan fingerprint density at radius 3 is 2.24 bits per heavy atom. The standard InChI is InChI=1S/C11H20F3N3/c1-3-10(16,9-15)5-4-7-17(2)8-6-11(12,13)14/h3-8,16H2,1-2H3. The number of nitrogens with two attached hydrogens (primary N) is 1. The van der Waals surface area contributed by atoms with Crippen molar-refractivity contribution in [3.05, 3.63) is 0 Å². The second-order valence-corrected chi connectivity index (χ2v) is 4.39. The topological polar surface area (TPSA) is 53.1 Å². The van der Waals surface area contributed by atoms with Crippen LogP contribution in [0.25, 0.3) is 0 Å². The number of alkyl halides is 3. The second kappa shape index (κ2) is 6.82. The molecule has 0 heterocycles. The molecule has 2 N–H and O–H groups in total. The van der Waals surface area contributed by atoms with E-state index in [1.54, 1.807) is 11.9 Å². The van der Waals surface area contributed by atoms with Gasteiger partial charge in [0.25, 0.3) is 0 Å². The molecule has 100 valence electrons. The third-order valence-corrected chi connectivity index (χ3v) is 2.79. The van der Waals surface area contributed by atoms with E-state index in [9.17, 15) is 13.2 Å². The summed E-state index contributed by atoms with van der Waals surface area (Å²) in [6.07, 6.45) is -3.22. The van der Waals surface area contributed by atoms with Crippen LogP contribution < -0.4 is 5.73 Å². The van der Waals surface area contributed by atoms with Gasteiger partial charge in [-0.3, -0.25) is 0 Å². The van der Waals surface area contributed by atoms with Crippen LogP contribution in [0.15, 0.2) is 0 Å². The minimum atomic E-state index is -4.11. The van der Waals surface area contributed by atoms with Crippen LogP contribution >= 0.6 is 0 Å². The summed E-state index contributed by atoms with van der Waals surface area (Å²) < 4.78 is 35.8. The second-order valence-electron chi connectivity index (χ2n) is 4.39. The predicted octanol–water partition coefficient (Wildman–Crippen LogP) is 2.28. The lowest BCUT2D eigenvalue weighted by molar-refractivity contribution is -0.137. The summed E-state index contributed by atoms with van der Waals surface area (Å²) in [5.41, 5.74) is 4.92. The Bertz CT molecular complexity index is 260. The molecule has 0 aromatic rings. The monoisotopic (exact) mass is 251 g/mol. The zero-order valence-corrected chi connectivity index (χ0v) is 10.3. The largest absolute Gasteiger partial charge is 0.390 e. The van der Waals surface area contributed by atoms with Crippen molar-refractivity contribution in [3.8, 4) is 6.07 Å². The Hall–Kier alpha value is -0.800. The van der Waals surface area contributed by atoms with E-state index in [0.29, 0.717) is 25.8 Å². The zero-order valence-electron chi connectivity index (χ0n) is 10.3. The molecule has 3 nitrogen and oxygen atoms in total. The summed E-state index contributed by atoms with van der Waals surface area (Å²) in [5.74, 6) is 0. The number of halogens is 3. The minimum absolute atomic E-state index is 0.0141. The Balaban J connectivity index is 3.79. The summed E-state index contributed by atoms with van der Waals surface area (Å²) in [4.78, 5) is 1.61. The van der Waals surface area contributed by atoms with E-state index >= 15 is 0 Å². The van der Waals surface area contributed by atoms with E-state index < -0.39 is 18.1 Å². The Labute approximate surface area is 100 Å². The molecule has 0 fully saturated rings. The number of nitriles is 1. The van der Waals surface area contributed by atoms with Crippen LogP contribution in [0.1, 0.15) is 32.6 Å². The van der Waals surface area contributed by atoms with Gasteiger partial charge in [-0.2, -0.15) is 18.4 Å². The molecule has 0 spiro atoms. The molecule has 1 atom stereocenters. The number of hydrogen-bond donors (Lipinski definition) is 1. The van der Waals surface area contributed by atoms with Crippen molar-refractivity contribution in [2.75, 3.05) is 20.1 Å². The van der Waals surface area contributed by atoms with E-state index in [-0.39, 0.29) is 6.54 Å². The first-order chi connectivity index (χ1) is 7.72. The summed E-state index contributed by atoms with van der Waals surface area (Å²) in [6.45, 7) is 2.34. The molecular formula is C11H20F3N3. The van der Waals surface area contributed by atoms with E-state index in [1.807, 2.05) is 13.0 Å². The highest BCUT2D eigenvalue weighted by molar-refractivity contribution is 5.03.